The van der Waals surface area contributed by atoms with Gasteiger partial charge in [-0.3, -0.25) is 4.79 Å². The van der Waals surface area contributed by atoms with Gasteiger partial charge in [0.25, 0.3) is 0 Å². The number of amides is 1. The summed E-state index contributed by atoms with van der Waals surface area (Å²) in [5.74, 6) is -2.07. The Morgan fingerprint density at radius 2 is 1.37 bits per heavy atom. The lowest BCUT2D eigenvalue weighted by Crippen LogP contribution is -2.44. The predicted octanol–water partition coefficient (Wildman–Crippen LogP) is 0.0730. The molecular formula is C21H40N2O13Si2. The van der Waals surface area contributed by atoms with Crippen LogP contribution in [0.4, 0.5) is 4.79 Å². The van der Waals surface area contributed by atoms with Gasteiger partial charge < -0.3 is 42.3 Å². The quantitative estimate of drug-likeness (QED) is 0.0384. The summed E-state index contributed by atoms with van der Waals surface area (Å²) >= 11 is 0. The molecule has 0 aromatic carbocycles. The number of alkyl carbamates (subject to hydrolysis) is 1. The van der Waals surface area contributed by atoms with Crippen molar-refractivity contribution in [3.05, 3.63) is 12.2 Å². The third-order valence-electron chi connectivity index (χ3n) is 4.22. The molecule has 0 rings (SSSR count). The Kier molecular flexibility index (Phi) is 24.4. The minimum Gasteiger partial charge on any atom is -0.460 e. The van der Waals surface area contributed by atoms with Crippen molar-refractivity contribution in [1.82, 2.24) is 5.32 Å². The highest BCUT2D eigenvalue weighted by molar-refractivity contribution is 6.66. The van der Waals surface area contributed by atoms with Crippen LogP contribution in [-0.4, -0.2) is 119 Å². The van der Waals surface area contributed by atoms with E-state index >= 15 is 0 Å². The molecule has 15 nitrogen and oxygen atoms in total. The molecule has 0 aliphatic carbocycles. The normalized spacial score (nSPS) is 10.2. The van der Waals surface area contributed by atoms with Crippen molar-refractivity contribution in [2.45, 2.75) is 26.9 Å². The fourth-order valence-electron chi connectivity index (χ4n) is 1.41. The van der Waals surface area contributed by atoms with E-state index in [-0.39, 0.29) is 38.8 Å². The summed E-state index contributed by atoms with van der Waals surface area (Å²) in [6.45, 7) is 9.86. The molecule has 0 aliphatic rings. The number of rotatable bonds is 15. The monoisotopic (exact) mass is 584 g/mol. The zero-order chi connectivity index (χ0) is 30.2. The molecular weight excluding hydrogens is 544 g/mol. The van der Waals surface area contributed by atoms with E-state index in [1.807, 2.05) is 0 Å². The van der Waals surface area contributed by atoms with Gasteiger partial charge in [0.15, 0.2) is 0 Å². The molecule has 0 spiro atoms. The molecule has 0 aromatic heterocycles. The van der Waals surface area contributed by atoms with Gasteiger partial charge in [-0.25, -0.2) is 24.2 Å². The average Bonchev–Trinajstić information content (AvgIpc) is 2.91. The second-order valence-electron chi connectivity index (χ2n) is 7.33. The van der Waals surface area contributed by atoms with Gasteiger partial charge >= 0.3 is 35.2 Å². The molecule has 0 heterocycles. The second-order valence-corrected chi connectivity index (χ2v) is 14.1. The minimum atomic E-state index is -2.42. The van der Waals surface area contributed by atoms with Gasteiger partial charge in [0.1, 0.15) is 19.4 Å². The average molecular weight is 585 g/mol. The van der Waals surface area contributed by atoms with Crippen LogP contribution in [0.15, 0.2) is 17.1 Å². The second kappa shape index (κ2) is 23.4. The Morgan fingerprint density at radius 3 is 1.74 bits per heavy atom. The molecule has 0 unspecified atom stereocenters. The Morgan fingerprint density at radius 1 is 0.868 bits per heavy atom. The molecule has 17 heteroatoms. The van der Waals surface area contributed by atoms with Gasteiger partial charge in [-0.15, -0.1) is 0 Å². The summed E-state index contributed by atoms with van der Waals surface area (Å²) in [4.78, 5) is 55.6. The highest BCUT2D eigenvalue weighted by atomic mass is 28.4. The van der Waals surface area contributed by atoms with Crippen molar-refractivity contribution >= 4 is 47.0 Å². The molecule has 0 saturated heterocycles. The molecule has 0 radical (unpaired) electrons. The van der Waals surface area contributed by atoms with E-state index in [0.29, 0.717) is 5.57 Å². The molecule has 0 bridgehead atoms. The first-order chi connectivity index (χ1) is 17.7. The van der Waals surface area contributed by atoms with Crippen LogP contribution in [0.3, 0.4) is 0 Å². The number of aliphatic hydroxyl groups is 1. The number of Topliss-reactive ketones (excluding diaryl/α,β-unsaturated/α-hetero) is 1. The number of ketones is 1. The summed E-state index contributed by atoms with van der Waals surface area (Å²) in [5.41, 5.74) is 0.310. The van der Waals surface area contributed by atoms with Crippen LogP contribution in [-0.2, 0) is 51.1 Å². The number of isocyanates is 1. The van der Waals surface area contributed by atoms with E-state index in [2.05, 4.69) is 21.6 Å². The lowest BCUT2D eigenvalue weighted by molar-refractivity contribution is -0.152. The molecule has 2 N–H and O–H groups in total. The van der Waals surface area contributed by atoms with Crippen LogP contribution >= 0.6 is 0 Å². The topological polar surface area (TPSA) is 195 Å². The molecule has 220 valence electrons. The molecule has 0 atom stereocenters. The number of carbonyl (C=O) groups is 4. The maximum atomic E-state index is 11.3. The first-order valence-electron chi connectivity index (χ1n) is 11.0. The molecule has 1 amide bonds. The van der Waals surface area contributed by atoms with Crippen LogP contribution in [0.2, 0.25) is 13.1 Å². The number of carbonyl (C=O) groups excluding carboxylic acids is 5. The number of esters is 2. The standard InChI is InChI=1S/C11H21NO6Si.C6H7NO4.C4H12O3Si/c1-9(2)10(13)17-7-6-12-11(14)18-8-19(5,15-3)16-4;1-5(9)6(10)11-3-2-7-4-8;1-6-8(3,4-5)7-2/h1,6-8H2,2-5H3,(H,12,14);2-3H2,1H3;5H,4H2,1-3H3. The maximum absolute atomic E-state index is 11.3. The number of ether oxygens (including phenoxy) is 3. The highest BCUT2D eigenvalue weighted by Crippen LogP contribution is 2.04. The Balaban J connectivity index is -0.000000543. The first-order valence-corrected chi connectivity index (χ1v) is 16.0. The third kappa shape index (κ3) is 22.4. The molecule has 38 heavy (non-hydrogen) atoms. The van der Waals surface area contributed by atoms with Crippen molar-refractivity contribution in [1.29, 1.82) is 0 Å². The van der Waals surface area contributed by atoms with Gasteiger partial charge in [-0.05, 0) is 20.0 Å². The van der Waals surface area contributed by atoms with E-state index in [9.17, 15) is 24.0 Å². The smallest absolute Gasteiger partial charge is 0.407 e. The highest BCUT2D eigenvalue weighted by Gasteiger charge is 2.31. The zero-order valence-corrected chi connectivity index (χ0v) is 25.2. The minimum absolute atomic E-state index is 0.0139. The van der Waals surface area contributed by atoms with Crippen molar-refractivity contribution in [3.63, 3.8) is 0 Å². The molecule has 0 aliphatic heterocycles. The lowest BCUT2D eigenvalue weighted by Gasteiger charge is -2.21. The SMILES string of the molecule is C=C(C)C(=O)OCCNC(=O)OC[Si](C)(OC)OC.CC(=O)C(=O)OCCN=C=O.CO[Si](C)(CO)OC. The third-order valence-corrected chi connectivity index (χ3v) is 8.92. The summed E-state index contributed by atoms with van der Waals surface area (Å²) in [5, 5.41) is 11.0. The summed E-state index contributed by atoms with van der Waals surface area (Å²) < 4.78 is 34.2. The zero-order valence-electron chi connectivity index (χ0n) is 23.2. The Labute approximate surface area is 224 Å². The van der Waals surface area contributed by atoms with Gasteiger partial charge in [-0.2, -0.15) is 0 Å². The van der Waals surface area contributed by atoms with E-state index in [1.54, 1.807) is 34.2 Å². The van der Waals surface area contributed by atoms with E-state index in [1.165, 1.54) is 20.3 Å². The molecule has 0 aromatic rings. The van der Waals surface area contributed by atoms with Crippen molar-refractivity contribution in [2.24, 2.45) is 4.99 Å². The summed E-state index contributed by atoms with van der Waals surface area (Å²) in [6, 6.07) is 0. The van der Waals surface area contributed by atoms with Gasteiger partial charge in [0.2, 0.25) is 11.9 Å². The van der Waals surface area contributed by atoms with Gasteiger partial charge in [0.05, 0.1) is 19.3 Å². The van der Waals surface area contributed by atoms with Gasteiger partial charge in [-0.1, -0.05) is 6.58 Å². The fraction of sp³-hybridized carbons (Fsp3) is 0.667. The van der Waals surface area contributed by atoms with Crippen LogP contribution < -0.4 is 5.32 Å². The number of hydrogen-bond donors (Lipinski definition) is 2. The molecule has 0 fully saturated rings. The van der Waals surface area contributed by atoms with Gasteiger partial charge in [0, 0.05) is 40.9 Å². The summed E-state index contributed by atoms with van der Waals surface area (Å²) in [7, 11) is 1.57. The Bertz CT molecular complexity index is 773. The Hall–Kier alpha value is -2.77. The van der Waals surface area contributed by atoms with E-state index < -0.39 is 40.9 Å². The number of nitrogens with zero attached hydrogens (tertiary/aromatic N) is 1. The van der Waals surface area contributed by atoms with Crippen LogP contribution in [0, 0.1) is 0 Å². The van der Waals surface area contributed by atoms with Crippen molar-refractivity contribution in [2.75, 3.05) is 67.2 Å². The number of nitrogens with one attached hydrogen (secondary N) is 1. The predicted molar refractivity (Wildman–Crippen MR) is 138 cm³/mol. The first kappa shape index (κ1) is 39.7. The molecule has 0 saturated carbocycles. The number of aliphatic hydroxyl groups excluding tert-OH is 1. The van der Waals surface area contributed by atoms with E-state index in [4.69, 9.17) is 32.3 Å². The van der Waals surface area contributed by atoms with Crippen molar-refractivity contribution < 1.29 is 61.0 Å². The fourth-order valence-corrected chi connectivity index (χ4v) is 2.63. The summed E-state index contributed by atoms with van der Waals surface area (Å²) in [6.07, 6.45) is 0.752. The van der Waals surface area contributed by atoms with E-state index in [0.717, 1.165) is 6.92 Å². The lowest BCUT2D eigenvalue weighted by atomic mass is 10.4. The maximum Gasteiger partial charge on any atom is 0.407 e. The van der Waals surface area contributed by atoms with Crippen LogP contribution in [0.5, 0.6) is 0 Å². The van der Waals surface area contributed by atoms with Crippen molar-refractivity contribution in [3.8, 4) is 0 Å². The largest absolute Gasteiger partial charge is 0.460 e. The number of hydrogen-bond acceptors (Lipinski definition) is 14. The van der Waals surface area contributed by atoms with Crippen LogP contribution in [0.25, 0.3) is 0 Å². The van der Waals surface area contributed by atoms with Crippen LogP contribution in [0.1, 0.15) is 13.8 Å². The number of aliphatic imine (C=N–C) groups is 1.